The number of rotatable bonds is 3. The molecule has 1 fully saturated rings. The molecule has 20 heavy (non-hydrogen) atoms. The van der Waals surface area contributed by atoms with Gasteiger partial charge in [-0.15, -0.1) is 11.3 Å². The van der Waals surface area contributed by atoms with E-state index in [1.165, 1.54) is 0 Å². The Kier molecular flexibility index (Phi) is 4.19. The molecule has 106 valence electrons. The van der Waals surface area contributed by atoms with Gasteiger partial charge in [0.05, 0.1) is 15.5 Å². The first-order valence-corrected chi connectivity index (χ1v) is 8.72. The summed E-state index contributed by atoms with van der Waals surface area (Å²) in [4.78, 5) is 18.8. The van der Waals surface area contributed by atoms with E-state index in [1.54, 1.807) is 23.1 Å². The molecular weight excluding hydrogens is 312 g/mol. The van der Waals surface area contributed by atoms with Gasteiger partial charge < -0.3 is 4.90 Å². The molecular formula is C14H15ClN2OS2. The summed E-state index contributed by atoms with van der Waals surface area (Å²) in [6.45, 7) is 3.77. The number of hydrogen-bond acceptors (Lipinski definition) is 4. The Hall–Kier alpha value is -0.780. The fourth-order valence-corrected chi connectivity index (χ4v) is 4.77. The molecule has 0 spiro atoms. The Bertz CT molecular complexity index is 637. The second-order valence-electron chi connectivity index (χ2n) is 4.88. The third-order valence-corrected chi connectivity index (χ3v) is 5.83. The Labute approximate surface area is 131 Å². The zero-order valence-electron chi connectivity index (χ0n) is 11.1. The van der Waals surface area contributed by atoms with Gasteiger partial charge in [-0.3, -0.25) is 4.79 Å². The summed E-state index contributed by atoms with van der Waals surface area (Å²) >= 11 is 9.13. The highest BCUT2D eigenvalue weighted by Gasteiger charge is 2.24. The molecule has 3 nitrogen and oxygen atoms in total. The molecule has 0 bridgehead atoms. The Morgan fingerprint density at radius 3 is 2.95 bits per heavy atom. The van der Waals surface area contributed by atoms with Crippen LogP contribution in [-0.4, -0.2) is 34.1 Å². The van der Waals surface area contributed by atoms with Crippen molar-refractivity contribution in [1.82, 2.24) is 9.88 Å². The van der Waals surface area contributed by atoms with Gasteiger partial charge in [-0.1, -0.05) is 23.4 Å². The maximum absolute atomic E-state index is 12.3. The topological polar surface area (TPSA) is 33.2 Å². The summed E-state index contributed by atoms with van der Waals surface area (Å²) in [5, 5.41) is 0.615. The molecule has 1 unspecified atom stereocenters. The molecule has 1 aromatic carbocycles. The van der Waals surface area contributed by atoms with Crippen molar-refractivity contribution in [3.8, 4) is 0 Å². The van der Waals surface area contributed by atoms with Crippen LogP contribution in [0.3, 0.4) is 0 Å². The summed E-state index contributed by atoms with van der Waals surface area (Å²) in [6, 6.07) is 5.71. The summed E-state index contributed by atoms with van der Waals surface area (Å²) < 4.78 is 2.04. The normalized spacial score (nSPS) is 16.8. The molecule has 1 atom stereocenters. The van der Waals surface area contributed by atoms with Crippen molar-refractivity contribution in [2.75, 3.05) is 13.1 Å². The zero-order valence-corrected chi connectivity index (χ0v) is 13.5. The molecule has 3 rings (SSSR count). The number of fused-ring (bicyclic) bond motifs is 1. The van der Waals surface area contributed by atoms with Crippen molar-refractivity contribution >= 4 is 50.8 Å². The van der Waals surface area contributed by atoms with Gasteiger partial charge in [-0.05, 0) is 38.0 Å². The predicted molar refractivity (Wildman–Crippen MR) is 85.8 cm³/mol. The Morgan fingerprint density at radius 1 is 1.45 bits per heavy atom. The van der Waals surface area contributed by atoms with E-state index in [-0.39, 0.29) is 11.2 Å². The van der Waals surface area contributed by atoms with E-state index in [1.807, 2.05) is 30.0 Å². The van der Waals surface area contributed by atoms with Crippen LogP contribution >= 0.6 is 34.7 Å². The first-order valence-electron chi connectivity index (χ1n) is 6.65. The number of aromatic nitrogens is 1. The van der Waals surface area contributed by atoms with E-state index in [4.69, 9.17) is 11.6 Å². The highest BCUT2D eigenvalue weighted by Crippen LogP contribution is 2.33. The van der Waals surface area contributed by atoms with Gasteiger partial charge in [0.1, 0.15) is 0 Å². The number of thioether (sulfide) groups is 1. The lowest BCUT2D eigenvalue weighted by Gasteiger charge is -2.18. The standard InChI is InChI=1S/C14H15ClN2OS2/c1-9(13(18)17-6-2-3-7-17)19-14-16-11-8-10(15)4-5-12(11)20-14/h4-5,8-9H,2-3,6-7H2,1H3. The van der Waals surface area contributed by atoms with E-state index in [2.05, 4.69) is 4.98 Å². The number of nitrogens with zero attached hydrogens (tertiary/aromatic N) is 2. The van der Waals surface area contributed by atoms with Gasteiger partial charge in [0.2, 0.25) is 5.91 Å². The van der Waals surface area contributed by atoms with Gasteiger partial charge in [-0.25, -0.2) is 4.98 Å². The average Bonchev–Trinajstić information content (AvgIpc) is 3.05. The summed E-state index contributed by atoms with van der Waals surface area (Å²) in [6.07, 6.45) is 2.26. The van der Waals surface area contributed by atoms with Gasteiger partial charge >= 0.3 is 0 Å². The third kappa shape index (κ3) is 2.95. The molecule has 1 aliphatic rings. The second-order valence-corrected chi connectivity index (χ2v) is 7.94. The molecule has 1 saturated heterocycles. The van der Waals surface area contributed by atoms with Crippen molar-refractivity contribution in [3.05, 3.63) is 23.2 Å². The van der Waals surface area contributed by atoms with Crippen molar-refractivity contribution in [3.63, 3.8) is 0 Å². The monoisotopic (exact) mass is 326 g/mol. The van der Waals surface area contributed by atoms with Crippen LogP contribution in [-0.2, 0) is 4.79 Å². The van der Waals surface area contributed by atoms with Crippen molar-refractivity contribution in [2.24, 2.45) is 0 Å². The van der Waals surface area contributed by atoms with Crippen LogP contribution in [0.4, 0.5) is 0 Å². The lowest BCUT2D eigenvalue weighted by atomic mass is 10.3. The van der Waals surface area contributed by atoms with Gasteiger partial charge in [0, 0.05) is 18.1 Å². The van der Waals surface area contributed by atoms with E-state index >= 15 is 0 Å². The number of carbonyl (C=O) groups excluding carboxylic acids is 1. The summed E-state index contributed by atoms with van der Waals surface area (Å²) in [7, 11) is 0. The van der Waals surface area contributed by atoms with E-state index in [0.29, 0.717) is 5.02 Å². The van der Waals surface area contributed by atoms with Gasteiger partial charge in [0.25, 0.3) is 0 Å². The largest absolute Gasteiger partial charge is 0.342 e. The first kappa shape index (κ1) is 14.2. The highest BCUT2D eigenvalue weighted by atomic mass is 35.5. The lowest BCUT2D eigenvalue weighted by molar-refractivity contribution is -0.129. The molecule has 0 N–H and O–H groups in total. The fourth-order valence-electron chi connectivity index (χ4n) is 2.33. The Morgan fingerprint density at radius 2 is 2.20 bits per heavy atom. The number of carbonyl (C=O) groups is 1. The third-order valence-electron chi connectivity index (χ3n) is 3.37. The maximum atomic E-state index is 12.3. The molecule has 0 aliphatic carbocycles. The lowest BCUT2D eigenvalue weighted by Crippen LogP contribution is -2.33. The summed E-state index contributed by atoms with van der Waals surface area (Å²) in [5.74, 6) is 0.227. The molecule has 6 heteroatoms. The SMILES string of the molecule is CC(Sc1nc2cc(Cl)ccc2s1)C(=O)N1CCCC1. The number of halogens is 1. The van der Waals surface area contributed by atoms with E-state index in [9.17, 15) is 4.79 Å². The number of likely N-dealkylation sites (tertiary alicyclic amines) is 1. The molecule has 2 aromatic rings. The quantitative estimate of drug-likeness (QED) is 0.798. The van der Waals surface area contributed by atoms with Crippen LogP contribution in [0.25, 0.3) is 10.2 Å². The van der Waals surface area contributed by atoms with E-state index < -0.39 is 0 Å². The number of hydrogen-bond donors (Lipinski definition) is 0. The van der Waals surface area contributed by atoms with Crippen LogP contribution in [0.1, 0.15) is 19.8 Å². The minimum atomic E-state index is -0.0795. The minimum absolute atomic E-state index is 0.0795. The van der Waals surface area contributed by atoms with Crippen molar-refractivity contribution in [2.45, 2.75) is 29.4 Å². The van der Waals surface area contributed by atoms with Crippen LogP contribution in [0.5, 0.6) is 0 Å². The van der Waals surface area contributed by atoms with Gasteiger partial charge in [0.15, 0.2) is 4.34 Å². The molecule has 0 saturated carbocycles. The minimum Gasteiger partial charge on any atom is -0.342 e. The molecule has 1 aliphatic heterocycles. The average molecular weight is 327 g/mol. The second kappa shape index (κ2) is 5.92. The number of benzene rings is 1. The van der Waals surface area contributed by atoms with Gasteiger partial charge in [-0.2, -0.15) is 0 Å². The van der Waals surface area contributed by atoms with Crippen LogP contribution in [0, 0.1) is 0 Å². The number of amides is 1. The fraction of sp³-hybridized carbons (Fsp3) is 0.429. The zero-order chi connectivity index (χ0) is 14.1. The van der Waals surface area contributed by atoms with Crippen molar-refractivity contribution in [1.29, 1.82) is 0 Å². The first-order chi connectivity index (χ1) is 9.63. The molecule has 1 amide bonds. The Balaban J connectivity index is 1.73. The molecule has 0 radical (unpaired) electrons. The molecule has 2 heterocycles. The van der Waals surface area contributed by atoms with Crippen LogP contribution in [0.2, 0.25) is 5.02 Å². The maximum Gasteiger partial charge on any atom is 0.235 e. The van der Waals surface area contributed by atoms with Crippen molar-refractivity contribution < 1.29 is 4.79 Å². The smallest absolute Gasteiger partial charge is 0.235 e. The summed E-state index contributed by atoms with van der Waals surface area (Å²) in [5.41, 5.74) is 0.908. The highest BCUT2D eigenvalue weighted by molar-refractivity contribution is 8.02. The van der Waals surface area contributed by atoms with Crippen LogP contribution in [0.15, 0.2) is 22.5 Å². The number of thiazole rings is 1. The predicted octanol–water partition coefficient (Wildman–Crippen LogP) is 4.05. The van der Waals surface area contributed by atoms with Crippen LogP contribution < -0.4 is 0 Å². The molecule has 1 aromatic heterocycles. The van der Waals surface area contributed by atoms with E-state index in [0.717, 1.165) is 40.5 Å².